The number of rotatable bonds is 3. The molecule has 0 unspecified atom stereocenters. The lowest BCUT2D eigenvalue weighted by molar-refractivity contribution is -0.148. The Balaban J connectivity index is 1.45. The first-order chi connectivity index (χ1) is 15.3. The Hall–Kier alpha value is -2.66. The molecule has 2 aromatic heterocycles. The zero-order valence-corrected chi connectivity index (χ0v) is 18.1. The van der Waals surface area contributed by atoms with Gasteiger partial charge in [0.25, 0.3) is 5.95 Å². The molecule has 0 bridgehead atoms. The first-order valence-electron chi connectivity index (χ1n) is 10.3. The van der Waals surface area contributed by atoms with E-state index in [0.29, 0.717) is 22.7 Å². The van der Waals surface area contributed by atoms with Gasteiger partial charge >= 0.3 is 6.18 Å². The molecule has 0 aliphatic carbocycles. The van der Waals surface area contributed by atoms with E-state index in [9.17, 15) is 13.2 Å². The van der Waals surface area contributed by atoms with E-state index in [2.05, 4.69) is 25.2 Å². The van der Waals surface area contributed by atoms with Crippen LogP contribution in [0.2, 0.25) is 5.02 Å². The number of nitrogens with zero attached hydrogens (tertiary/aromatic N) is 7. The maximum Gasteiger partial charge on any atom is 0.401 e. The minimum absolute atomic E-state index is 0.0553. The normalized spacial score (nSPS) is 17.8. The first-order valence-corrected chi connectivity index (χ1v) is 10.7. The Labute approximate surface area is 187 Å². The molecule has 0 spiro atoms. The minimum atomic E-state index is -4.31. The van der Waals surface area contributed by atoms with E-state index < -0.39 is 12.7 Å². The Kier molecular flexibility index (Phi) is 5.32. The average Bonchev–Trinajstić information content (AvgIpc) is 3.30. The summed E-state index contributed by atoms with van der Waals surface area (Å²) in [6.45, 7) is 2.36. The van der Waals surface area contributed by atoms with Crippen molar-refractivity contribution in [2.24, 2.45) is 0 Å². The van der Waals surface area contributed by atoms with Crippen molar-refractivity contribution in [1.82, 2.24) is 29.8 Å². The van der Waals surface area contributed by atoms with E-state index in [0.717, 1.165) is 43.0 Å². The number of fused-ring (bicyclic) bond motifs is 3. The van der Waals surface area contributed by atoms with Gasteiger partial charge in [-0.1, -0.05) is 11.6 Å². The molecule has 0 radical (unpaired) electrons. The number of piperidine rings is 1. The van der Waals surface area contributed by atoms with Crippen molar-refractivity contribution in [3.8, 4) is 5.69 Å². The lowest BCUT2D eigenvalue weighted by atomic mass is 9.96. The summed E-state index contributed by atoms with van der Waals surface area (Å²) in [5.74, 6) is 2.47. The number of alkyl halides is 3. The van der Waals surface area contributed by atoms with Crippen molar-refractivity contribution in [3.63, 3.8) is 0 Å². The molecular formula is C20H21ClF3N7O. The van der Waals surface area contributed by atoms with Crippen LogP contribution >= 0.6 is 11.6 Å². The van der Waals surface area contributed by atoms with Gasteiger partial charge in [0, 0.05) is 37.5 Å². The van der Waals surface area contributed by atoms with Crippen LogP contribution in [0.15, 0.2) is 22.7 Å². The summed E-state index contributed by atoms with van der Waals surface area (Å²) in [4.78, 5) is 7.67. The Morgan fingerprint density at radius 2 is 1.94 bits per heavy atom. The number of hydrogen-bond acceptors (Lipinski definition) is 7. The van der Waals surface area contributed by atoms with E-state index >= 15 is 0 Å². The molecule has 1 saturated heterocycles. The number of aromatic nitrogens is 5. The lowest BCUT2D eigenvalue weighted by Crippen LogP contribution is -2.34. The minimum Gasteiger partial charge on any atom is -0.338 e. The summed E-state index contributed by atoms with van der Waals surface area (Å²) < 4.78 is 46.4. The van der Waals surface area contributed by atoms with Crippen LogP contribution in [0.5, 0.6) is 0 Å². The molecular weight excluding hydrogens is 447 g/mol. The highest BCUT2D eigenvalue weighted by atomic mass is 35.5. The van der Waals surface area contributed by atoms with Gasteiger partial charge in [0.05, 0.1) is 18.8 Å². The molecule has 0 amide bonds. The quantitative estimate of drug-likeness (QED) is 0.578. The summed E-state index contributed by atoms with van der Waals surface area (Å²) in [7, 11) is 0. The average molecular weight is 468 g/mol. The fourth-order valence-electron chi connectivity index (χ4n) is 4.48. The van der Waals surface area contributed by atoms with E-state index in [1.54, 1.807) is 19.1 Å². The third-order valence-corrected chi connectivity index (χ3v) is 6.09. The number of hydrogen-bond donors (Lipinski definition) is 0. The molecule has 1 fully saturated rings. The van der Waals surface area contributed by atoms with Crippen LogP contribution in [0.1, 0.15) is 41.9 Å². The summed E-state index contributed by atoms with van der Waals surface area (Å²) in [6.07, 6.45) is -2.72. The Bertz CT molecular complexity index is 1120. The lowest BCUT2D eigenvalue weighted by Gasteiger charge is -2.30. The van der Waals surface area contributed by atoms with Gasteiger partial charge in [0.1, 0.15) is 5.82 Å². The second-order valence-corrected chi connectivity index (χ2v) is 8.65. The van der Waals surface area contributed by atoms with Crippen LogP contribution in [0.4, 0.5) is 19.1 Å². The van der Waals surface area contributed by atoms with Crippen LogP contribution in [0.25, 0.3) is 5.69 Å². The summed E-state index contributed by atoms with van der Waals surface area (Å²) >= 11 is 6.17. The van der Waals surface area contributed by atoms with E-state index in [-0.39, 0.29) is 19.0 Å². The molecule has 3 aromatic rings. The molecule has 2 aliphatic heterocycles. The molecule has 5 rings (SSSR count). The third-order valence-electron chi connectivity index (χ3n) is 5.86. The fraction of sp³-hybridized carbons (Fsp3) is 0.500. The summed E-state index contributed by atoms with van der Waals surface area (Å²) in [5, 5.41) is 13.2. The number of benzene rings is 1. The smallest absolute Gasteiger partial charge is 0.338 e. The van der Waals surface area contributed by atoms with Gasteiger partial charge < -0.3 is 9.42 Å². The van der Waals surface area contributed by atoms with Crippen molar-refractivity contribution in [3.05, 3.63) is 46.3 Å². The molecule has 0 N–H and O–H groups in total. The monoisotopic (exact) mass is 467 g/mol. The zero-order valence-electron chi connectivity index (χ0n) is 17.3. The van der Waals surface area contributed by atoms with Crippen LogP contribution < -0.4 is 4.90 Å². The molecule has 0 atom stereocenters. The maximum atomic E-state index is 13.1. The Morgan fingerprint density at radius 1 is 1.16 bits per heavy atom. The van der Waals surface area contributed by atoms with Gasteiger partial charge in [-0.2, -0.15) is 18.2 Å². The van der Waals surface area contributed by atoms with Crippen LogP contribution in [-0.2, 0) is 13.1 Å². The molecule has 170 valence electrons. The molecule has 4 heterocycles. The van der Waals surface area contributed by atoms with E-state index in [4.69, 9.17) is 16.1 Å². The van der Waals surface area contributed by atoms with Crippen molar-refractivity contribution in [2.75, 3.05) is 24.5 Å². The third kappa shape index (κ3) is 4.18. The standard InChI is InChI=1S/C20H21ClF3N7O/c1-12-25-19(28-32-12)30-6-4-13(5-7-30)18-27-26-17-10-29(11-20(22,23)24)9-14-8-15(21)2-3-16(14)31(17)18/h2-3,8,13H,4-7,9-11H2,1H3. The largest absolute Gasteiger partial charge is 0.401 e. The van der Waals surface area contributed by atoms with Gasteiger partial charge in [-0.05, 0) is 41.8 Å². The number of halogens is 4. The predicted molar refractivity (Wildman–Crippen MR) is 110 cm³/mol. The number of aryl methyl sites for hydroxylation is 1. The second-order valence-electron chi connectivity index (χ2n) is 8.22. The number of anilines is 1. The van der Waals surface area contributed by atoms with Crippen molar-refractivity contribution in [1.29, 1.82) is 0 Å². The van der Waals surface area contributed by atoms with Gasteiger partial charge in [-0.3, -0.25) is 9.47 Å². The Morgan fingerprint density at radius 3 is 2.62 bits per heavy atom. The molecule has 12 heteroatoms. The van der Waals surface area contributed by atoms with Crippen LogP contribution in [0.3, 0.4) is 0 Å². The van der Waals surface area contributed by atoms with E-state index in [1.165, 1.54) is 4.90 Å². The SMILES string of the molecule is Cc1nc(N2CCC(c3nnc4n3-c3ccc(Cl)cc3CN(CC(F)(F)F)C4)CC2)no1. The topological polar surface area (TPSA) is 76.1 Å². The highest BCUT2D eigenvalue weighted by molar-refractivity contribution is 6.30. The van der Waals surface area contributed by atoms with Gasteiger partial charge in [0.15, 0.2) is 5.82 Å². The van der Waals surface area contributed by atoms with Gasteiger partial charge in [-0.15, -0.1) is 10.2 Å². The molecule has 2 aliphatic rings. The van der Waals surface area contributed by atoms with E-state index in [1.807, 2.05) is 10.6 Å². The zero-order chi connectivity index (χ0) is 22.5. The second kappa shape index (κ2) is 8.04. The predicted octanol–water partition coefficient (Wildman–Crippen LogP) is 3.87. The molecule has 1 aromatic carbocycles. The van der Waals surface area contributed by atoms with Crippen LogP contribution in [-0.4, -0.2) is 55.6 Å². The van der Waals surface area contributed by atoms with Crippen molar-refractivity contribution in [2.45, 2.75) is 44.9 Å². The fourth-order valence-corrected chi connectivity index (χ4v) is 4.67. The van der Waals surface area contributed by atoms with Crippen LogP contribution in [0, 0.1) is 6.92 Å². The molecule has 0 saturated carbocycles. The highest BCUT2D eigenvalue weighted by Crippen LogP contribution is 2.34. The van der Waals surface area contributed by atoms with Crippen molar-refractivity contribution >= 4 is 17.5 Å². The first kappa shape index (κ1) is 21.2. The van der Waals surface area contributed by atoms with Crippen molar-refractivity contribution < 1.29 is 17.7 Å². The molecule has 8 nitrogen and oxygen atoms in total. The van der Waals surface area contributed by atoms with Gasteiger partial charge in [0.2, 0.25) is 5.89 Å². The molecule has 32 heavy (non-hydrogen) atoms. The highest BCUT2D eigenvalue weighted by Gasteiger charge is 2.35. The summed E-state index contributed by atoms with van der Waals surface area (Å²) in [6, 6.07) is 5.30. The summed E-state index contributed by atoms with van der Waals surface area (Å²) in [5.41, 5.74) is 1.51. The maximum absolute atomic E-state index is 13.1. The van der Waals surface area contributed by atoms with Gasteiger partial charge in [-0.25, -0.2) is 0 Å².